The van der Waals surface area contributed by atoms with Crippen molar-refractivity contribution < 1.29 is 23.7 Å². The lowest BCUT2D eigenvalue weighted by molar-refractivity contribution is -0.0852. The van der Waals surface area contributed by atoms with E-state index in [1.165, 1.54) is 6.33 Å². The van der Waals surface area contributed by atoms with Crippen LogP contribution in [0.5, 0.6) is 11.6 Å². The van der Waals surface area contributed by atoms with Gasteiger partial charge in [0.2, 0.25) is 5.95 Å². The summed E-state index contributed by atoms with van der Waals surface area (Å²) >= 11 is 0. The fraction of sp³-hybridized carbons (Fsp3) is 0.571. The standard InChI is InChI=1S/C35H47N11O5.ClH/c1-24-19-44(20-25(2)50-24)30-7-9-31(10-8-30)46-22-32(34(41-46)49-14-13-48-12-11-47-4)40-35-37-17-29(18-38-35)27-5-6-28(16-36)33(15-27)51-26(3)21-45-23-39-42-43-45;/h5-6,15,17-18,22-26,30-31H,7-14,19-21H2,1-4H3,(H,37,38,40);1H/t24-,25+,26-,30?,31?;/m0./s1. The van der Waals surface area contributed by atoms with Crippen molar-refractivity contribution in [2.24, 2.45) is 0 Å². The Labute approximate surface area is 310 Å². The van der Waals surface area contributed by atoms with Crippen LogP contribution in [-0.4, -0.2) is 116 Å². The lowest BCUT2D eigenvalue weighted by Gasteiger charge is -2.42. The zero-order valence-electron chi connectivity index (χ0n) is 30.1. The quantitative estimate of drug-likeness (QED) is 0.160. The van der Waals surface area contributed by atoms with E-state index < -0.39 is 0 Å². The molecule has 3 atom stereocenters. The van der Waals surface area contributed by atoms with Crippen molar-refractivity contribution in [1.82, 2.24) is 44.9 Å². The Morgan fingerprint density at radius 3 is 2.42 bits per heavy atom. The van der Waals surface area contributed by atoms with E-state index >= 15 is 0 Å². The number of halogens is 1. The molecule has 6 rings (SSSR count). The Hall–Kier alpha value is -4.40. The van der Waals surface area contributed by atoms with Crippen LogP contribution in [0.2, 0.25) is 0 Å². The van der Waals surface area contributed by atoms with Crippen LogP contribution in [0.4, 0.5) is 11.6 Å². The fourth-order valence-corrected chi connectivity index (χ4v) is 6.74. The van der Waals surface area contributed by atoms with Crippen LogP contribution < -0.4 is 14.8 Å². The minimum Gasteiger partial charge on any atom is -0.487 e. The number of hydrogen-bond donors (Lipinski definition) is 1. The van der Waals surface area contributed by atoms with Gasteiger partial charge in [-0.25, -0.2) is 14.6 Å². The number of morpholine rings is 1. The van der Waals surface area contributed by atoms with Crippen LogP contribution in [0.25, 0.3) is 11.1 Å². The molecule has 0 unspecified atom stereocenters. The van der Waals surface area contributed by atoms with Crippen LogP contribution >= 0.6 is 12.4 Å². The number of nitrogens with zero attached hydrogens (tertiary/aromatic N) is 10. The first-order valence-corrected chi connectivity index (χ1v) is 17.6. The minimum atomic E-state index is -0.277. The first kappa shape index (κ1) is 38.8. The largest absolute Gasteiger partial charge is 0.487 e. The molecule has 0 spiro atoms. The molecule has 1 N–H and O–H groups in total. The van der Waals surface area contributed by atoms with E-state index in [4.69, 9.17) is 28.8 Å². The van der Waals surface area contributed by atoms with E-state index in [1.807, 2.05) is 29.9 Å². The summed E-state index contributed by atoms with van der Waals surface area (Å²) in [7, 11) is 1.65. The zero-order chi connectivity index (χ0) is 35.6. The monoisotopic (exact) mass is 737 g/mol. The molecular weight excluding hydrogens is 690 g/mol. The zero-order valence-corrected chi connectivity index (χ0v) is 30.9. The number of anilines is 2. The highest BCUT2D eigenvalue weighted by Gasteiger charge is 2.32. The van der Waals surface area contributed by atoms with E-state index in [0.29, 0.717) is 67.8 Å². The Bertz CT molecular complexity index is 1700. The number of nitriles is 1. The number of aromatic nitrogens is 8. The molecule has 0 amide bonds. The number of nitrogens with one attached hydrogen (secondary N) is 1. The second-order valence-corrected chi connectivity index (χ2v) is 13.2. The van der Waals surface area contributed by atoms with Crippen molar-refractivity contribution in [2.45, 2.75) is 83.4 Å². The summed E-state index contributed by atoms with van der Waals surface area (Å²) in [5.41, 5.74) is 2.69. The molecule has 3 aromatic heterocycles. The molecule has 2 aliphatic rings. The van der Waals surface area contributed by atoms with Crippen molar-refractivity contribution in [3.8, 4) is 28.8 Å². The average molecular weight is 738 g/mol. The molecule has 17 heteroatoms. The molecule has 4 aromatic rings. The number of hydrogen-bond acceptors (Lipinski definition) is 14. The van der Waals surface area contributed by atoms with Gasteiger partial charge in [-0.3, -0.25) is 9.58 Å². The summed E-state index contributed by atoms with van der Waals surface area (Å²) in [5.74, 6) is 1.33. The molecule has 280 valence electrons. The van der Waals surface area contributed by atoms with Crippen molar-refractivity contribution >= 4 is 24.0 Å². The number of methoxy groups -OCH3 is 1. The van der Waals surface area contributed by atoms with E-state index in [1.54, 1.807) is 30.3 Å². The molecule has 0 bridgehead atoms. The molecule has 1 aliphatic carbocycles. The molecule has 16 nitrogen and oxygen atoms in total. The number of rotatable bonds is 16. The average Bonchev–Trinajstić information content (AvgIpc) is 3.79. The molecule has 4 heterocycles. The molecule has 1 aromatic carbocycles. The summed E-state index contributed by atoms with van der Waals surface area (Å²) in [5, 5.41) is 29.1. The van der Waals surface area contributed by atoms with Gasteiger partial charge in [0.25, 0.3) is 5.88 Å². The van der Waals surface area contributed by atoms with Gasteiger partial charge in [0, 0.05) is 44.2 Å². The van der Waals surface area contributed by atoms with Gasteiger partial charge in [0.15, 0.2) is 0 Å². The van der Waals surface area contributed by atoms with Gasteiger partial charge in [-0.2, -0.15) is 5.26 Å². The SMILES string of the molecule is COCCOCCOc1nn(C2CCC(N3C[C@@H](C)O[C@@H](C)C3)CC2)cc1Nc1ncc(-c2ccc(C#N)c(O[C@@H](C)Cn3cnnn3)c2)cn1.Cl. The van der Waals surface area contributed by atoms with Gasteiger partial charge in [-0.15, -0.1) is 22.6 Å². The predicted octanol–water partition coefficient (Wildman–Crippen LogP) is 4.47. The normalized spacial score (nSPS) is 21.1. The van der Waals surface area contributed by atoms with Gasteiger partial charge in [-0.1, -0.05) is 6.07 Å². The molecule has 1 aliphatic heterocycles. The molecule has 0 radical (unpaired) electrons. The lowest BCUT2D eigenvalue weighted by Crippen LogP contribution is -2.51. The molecule has 1 saturated heterocycles. The van der Waals surface area contributed by atoms with Gasteiger partial charge in [0.05, 0.1) is 56.4 Å². The number of tetrazole rings is 1. The fourth-order valence-electron chi connectivity index (χ4n) is 6.74. The second-order valence-electron chi connectivity index (χ2n) is 13.2. The maximum absolute atomic E-state index is 9.68. The Kier molecular flexibility index (Phi) is 14.1. The van der Waals surface area contributed by atoms with Gasteiger partial charge < -0.3 is 29.0 Å². The van der Waals surface area contributed by atoms with E-state index in [-0.39, 0.29) is 36.8 Å². The van der Waals surface area contributed by atoms with Crippen molar-refractivity contribution in [2.75, 3.05) is 51.9 Å². The molecule has 2 fully saturated rings. The third kappa shape index (κ3) is 10.4. The predicted molar refractivity (Wildman–Crippen MR) is 194 cm³/mol. The summed E-state index contributed by atoms with van der Waals surface area (Å²) < 4.78 is 32.5. The van der Waals surface area contributed by atoms with Crippen LogP contribution in [0.3, 0.4) is 0 Å². The van der Waals surface area contributed by atoms with Crippen LogP contribution in [-0.2, 0) is 20.8 Å². The number of ether oxygens (including phenoxy) is 5. The van der Waals surface area contributed by atoms with Crippen molar-refractivity contribution in [3.05, 3.63) is 48.7 Å². The smallest absolute Gasteiger partial charge is 0.257 e. The summed E-state index contributed by atoms with van der Waals surface area (Å²) in [6.07, 6.45) is 11.5. The molecule has 1 saturated carbocycles. The summed E-state index contributed by atoms with van der Waals surface area (Å²) in [6.45, 7) is 10.4. The van der Waals surface area contributed by atoms with Crippen molar-refractivity contribution in [1.29, 1.82) is 5.26 Å². The first-order valence-electron chi connectivity index (χ1n) is 17.6. The minimum absolute atomic E-state index is 0. The van der Waals surface area contributed by atoms with E-state index in [9.17, 15) is 5.26 Å². The molecule has 52 heavy (non-hydrogen) atoms. The van der Waals surface area contributed by atoms with Crippen molar-refractivity contribution in [3.63, 3.8) is 0 Å². The lowest BCUT2D eigenvalue weighted by atomic mass is 9.89. The third-order valence-electron chi connectivity index (χ3n) is 9.10. The third-order valence-corrected chi connectivity index (χ3v) is 9.10. The van der Waals surface area contributed by atoms with E-state index in [2.05, 4.69) is 55.6 Å². The van der Waals surface area contributed by atoms with Gasteiger partial charge in [0.1, 0.15) is 36.5 Å². The maximum atomic E-state index is 9.68. The van der Waals surface area contributed by atoms with Crippen LogP contribution in [0.1, 0.15) is 58.1 Å². The number of benzene rings is 1. The maximum Gasteiger partial charge on any atom is 0.257 e. The second kappa shape index (κ2) is 18.9. The van der Waals surface area contributed by atoms with Crippen LogP contribution in [0, 0.1) is 11.3 Å². The highest BCUT2D eigenvalue weighted by atomic mass is 35.5. The van der Waals surface area contributed by atoms with E-state index in [0.717, 1.165) is 49.9 Å². The Balaban J connectivity index is 0.00000523. The Morgan fingerprint density at radius 1 is 1.00 bits per heavy atom. The summed E-state index contributed by atoms with van der Waals surface area (Å²) in [6, 6.07) is 8.43. The van der Waals surface area contributed by atoms with Gasteiger partial charge in [-0.05, 0) is 74.6 Å². The molecular formula is C35H48ClN11O5. The highest BCUT2D eigenvalue weighted by Crippen LogP contribution is 2.35. The highest BCUT2D eigenvalue weighted by molar-refractivity contribution is 5.85. The first-order chi connectivity index (χ1) is 24.9. The van der Waals surface area contributed by atoms with Crippen LogP contribution in [0.15, 0.2) is 43.1 Å². The topological polar surface area (TPSA) is 172 Å². The summed E-state index contributed by atoms with van der Waals surface area (Å²) in [4.78, 5) is 11.8. The Morgan fingerprint density at radius 2 is 1.73 bits per heavy atom. The van der Waals surface area contributed by atoms with Gasteiger partial charge >= 0.3 is 0 Å².